The van der Waals surface area contributed by atoms with Gasteiger partial charge in [0, 0.05) is 6.54 Å². The topological polar surface area (TPSA) is 21.7 Å². The minimum absolute atomic E-state index is 0.175. The SMILES string of the molecule is CCN1CCCC1Oc1ccc(Oc2ccc(F)cc2)cc1. The lowest BCUT2D eigenvalue weighted by atomic mass is 10.3. The quantitative estimate of drug-likeness (QED) is 0.815. The lowest BCUT2D eigenvalue weighted by molar-refractivity contribution is 0.0650. The Balaban J connectivity index is 1.61. The van der Waals surface area contributed by atoms with Crippen LogP contribution in [0.25, 0.3) is 0 Å². The van der Waals surface area contributed by atoms with Crippen LogP contribution in [0.2, 0.25) is 0 Å². The third-order valence-electron chi connectivity index (χ3n) is 3.86. The van der Waals surface area contributed by atoms with Gasteiger partial charge in [-0.2, -0.15) is 0 Å². The Kier molecular flexibility index (Phi) is 4.59. The zero-order valence-electron chi connectivity index (χ0n) is 12.7. The summed E-state index contributed by atoms with van der Waals surface area (Å²) < 4.78 is 24.5. The second-order valence-corrected chi connectivity index (χ2v) is 5.37. The van der Waals surface area contributed by atoms with Gasteiger partial charge in [0.15, 0.2) is 6.23 Å². The van der Waals surface area contributed by atoms with Crippen LogP contribution in [0.5, 0.6) is 17.2 Å². The number of benzene rings is 2. The first-order valence-electron chi connectivity index (χ1n) is 7.69. The average Bonchev–Trinajstić information content (AvgIpc) is 2.99. The Labute approximate surface area is 130 Å². The predicted octanol–water partition coefficient (Wildman–Crippen LogP) is 4.44. The van der Waals surface area contributed by atoms with Gasteiger partial charge in [0.25, 0.3) is 0 Å². The van der Waals surface area contributed by atoms with Gasteiger partial charge < -0.3 is 9.47 Å². The van der Waals surface area contributed by atoms with Gasteiger partial charge in [-0.3, -0.25) is 4.90 Å². The van der Waals surface area contributed by atoms with Crippen LogP contribution in [0, 0.1) is 5.82 Å². The summed E-state index contributed by atoms with van der Waals surface area (Å²) in [4.78, 5) is 2.34. The molecule has 0 aliphatic carbocycles. The van der Waals surface area contributed by atoms with Crippen LogP contribution in [-0.4, -0.2) is 24.2 Å². The van der Waals surface area contributed by atoms with Crippen LogP contribution in [0.3, 0.4) is 0 Å². The van der Waals surface area contributed by atoms with Gasteiger partial charge in [-0.1, -0.05) is 6.92 Å². The van der Waals surface area contributed by atoms with Crippen LogP contribution in [-0.2, 0) is 0 Å². The van der Waals surface area contributed by atoms with E-state index in [1.807, 2.05) is 24.3 Å². The first kappa shape index (κ1) is 14.9. The lowest BCUT2D eigenvalue weighted by Crippen LogP contribution is -2.33. The van der Waals surface area contributed by atoms with E-state index in [2.05, 4.69) is 11.8 Å². The van der Waals surface area contributed by atoms with Crippen molar-refractivity contribution in [2.75, 3.05) is 13.1 Å². The molecule has 1 atom stereocenters. The Morgan fingerprint density at radius 2 is 1.59 bits per heavy atom. The number of hydrogen-bond donors (Lipinski definition) is 0. The molecule has 1 saturated heterocycles. The molecule has 0 aromatic heterocycles. The molecular weight excluding hydrogens is 281 g/mol. The van der Waals surface area contributed by atoms with E-state index in [-0.39, 0.29) is 12.0 Å². The van der Waals surface area contributed by atoms with E-state index in [1.54, 1.807) is 12.1 Å². The molecule has 2 aromatic rings. The van der Waals surface area contributed by atoms with Gasteiger partial charge in [0.2, 0.25) is 0 Å². The summed E-state index contributed by atoms with van der Waals surface area (Å²) in [5, 5.41) is 0. The number of ether oxygens (including phenoxy) is 2. The third-order valence-corrected chi connectivity index (χ3v) is 3.86. The van der Waals surface area contributed by atoms with Crippen molar-refractivity contribution in [1.29, 1.82) is 0 Å². The molecule has 3 rings (SSSR count). The molecule has 3 nitrogen and oxygen atoms in total. The number of hydrogen-bond acceptors (Lipinski definition) is 3. The van der Waals surface area contributed by atoms with Crippen molar-refractivity contribution in [3.05, 3.63) is 54.3 Å². The minimum atomic E-state index is -0.270. The van der Waals surface area contributed by atoms with Crippen molar-refractivity contribution >= 4 is 0 Å². The Hall–Kier alpha value is -2.07. The fraction of sp³-hybridized carbons (Fsp3) is 0.333. The van der Waals surface area contributed by atoms with Gasteiger partial charge in [-0.25, -0.2) is 4.39 Å². The maximum absolute atomic E-state index is 12.9. The molecule has 1 unspecified atom stereocenters. The molecule has 1 aliphatic heterocycles. The van der Waals surface area contributed by atoms with Crippen molar-refractivity contribution in [3.63, 3.8) is 0 Å². The Morgan fingerprint density at radius 3 is 2.23 bits per heavy atom. The van der Waals surface area contributed by atoms with E-state index in [9.17, 15) is 4.39 Å². The lowest BCUT2D eigenvalue weighted by Gasteiger charge is -2.23. The van der Waals surface area contributed by atoms with Crippen LogP contribution < -0.4 is 9.47 Å². The number of nitrogens with zero attached hydrogens (tertiary/aromatic N) is 1. The van der Waals surface area contributed by atoms with Crippen molar-refractivity contribution in [1.82, 2.24) is 4.90 Å². The highest BCUT2D eigenvalue weighted by atomic mass is 19.1. The summed E-state index contributed by atoms with van der Waals surface area (Å²) >= 11 is 0. The van der Waals surface area contributed by atoms with E-state index < -0.39 is 0 Å². The zero-order valence-corrected chi connectivity index (χ0v) is 12.7. The van der Waals surface area contributed by atoms with Crippen LogP contribution in [0.1, 0.15) is 19.8 Å². The second-order valence-electron chi connectivity index (χ2n) is 5.37. The summed E-state index contributed by atoms with van der Waals surface area (Å²) in [5.41, 5.74) is 0. The standard InChI is InChI=1S/C18H20FNO2/c1-2-20-13-3-4-18(20)22-17-11-9-16(10-12-17)21-15-7-5-14(19)6-8-15/h5-12,18H,2-4,13H2,1H3. The third kappa shape index (κ3) is 3.57. The first-order chi connectivity index (χ1) is 10.7. The Bertz CT molecular complexity index is 597. The Morgan fingerprint density at radius 1 is 1.00 bits per heavy atom. The normalized spacial score (nSPS) is 18.4. The van der Waals surface area contributed by atoms with Crippen molar-refractivity contribution in [2.24, 2.45) is 0 Å². The highest BCUT2D eigenvalue weighted by Crippen LogP contribution is 2.26. The zero-order chi connectivity index (χ0) is 15.4. The van der Waals surface area contributed by atoms with Crippen molar-refractivity contribution in [3.8, 4) is 17.2 Å². The predicted molar refractivity (Wildman–Crippen MR) is 83.8 cm³/mol. The molecule has 116 valence electrons. The molecular formula is C18H20FNO2. The summed E-state index contributed by atoms with van der Waals surface area (Å²) in [6, 6.07) is 13.5. The van der Waals surface area contributed by atoms with Crippen LogP contribution in [0.4, 0.5) is 4.39 Å². The van der Waals surface area contributed by atoms with Gasteiger partial charge in [-0.15, -0.1) is 0 Å². The molecule has 0 amide bonds. The van der Waals surface area contributed by atoms with Gasteiger partial charge in [0.05, 0.1) is 0 Å². The number of halogens is 1. The number of likely N-dealkylation sites (tertiary alicyclic amines) is 1. The average molecular weight is 301 g/mol. The molecule has 0 radical (unpaired) electrons. The van der Waals surface area contributed by atoms with E-state index in [1.165, 1.54) is 18.6 Å². The largest absolute Gasteiger partial charge is 0.475 e. The maximum atomic E-state index is 12.9. The molecule has 22 heavy (non-hydrogen) atoms. The summed E-state index contributed by atoms with van der Waals surface area (Å²) in [5.74, 6) is 1.89. The van der Waals surface area contributed by atoms with Gasteiger partial charge >= 0.3 is 0 Å². The molecule has 0 bridgehead atoms. The molecule has 4 heteroatoms. The summed E-state index contributed by atoms with van der Waals surface area (Å²) in [6.07, 6.45) is 2.43. The molecule has 0 saturated carbocycles. The number of rotatable bonds is 5. The molecule has 1 heterocycles. The monoisotopic (exact) mass is 301 g/mol. The fourth-order valence-electron chi connectivity index (χ4n) is 2.67. The smallest absolute Gasteiger partial charge is 0.152 e. The second kappa shape index (κ2) is 6.79. The van der Waals surface area contributed by atoms with Gasteiger partial charge in [-0.05, 0) is 67.9 Å². The van der Waals surface area contributed by atoms with Gasteiger partial charge in [0.1, 0.15) is 23.1 Å². The summed E-state index contributed by atoms with van der Waals surface area (Å²) in [7, 11) is 0. The van der Waals surface area contributed by atoms with E-state index in [0.29, 0.717) is 11.5 Å². The molecule has 0 N–H and O–H groups in total. The van der Waals surface area contributed by atoms with Crippen molar-refractivity contribution < 1.29 is 13.9 Å². The molecule has 1 aliphatic rings. The van der Waals surface area contributed by atoms with Crippen molar-refractivity contribution in [2.45, 2.75) is 26.0 Å². The molecule has 2 aromatic carbocycles. The van der Waals surface area contributed by atoms with Crippen LogP contribution in [0.15, 0.2) is 48.5 Å². The highest BCUT2D eigenvalue weighted by molar-refractivity contribution is 5.35. The van der Waals surface area contributed by atoms with E-state index in [4.69, 9.17) is 9.47 Å². The maximum Gasteiger partial charge on any atom is 0.152 e. The minimum Gasteiger partial charge on any atom is -0.475 e. The van der Waals surface area contributed by atoms with Crippen LogP contribution >= 0.6 is 0 Å². The molecule has 1 fully saturated rings. The fourth-order valence-corrected chi connectivity index (χ4v) is 2.67. The summed E-state index contributed by atoms with van der Waals surface area (Å²) in [6.45, 7) is 4.27. The van der Waals surface area contributed by atoms with E-state index >= 15 is 0 Å². The highest BCUT2D eigenvalue weighted by Gasteiger charge is 2.24. The van der Waals surface area contributed by atoms with E-state index in [0.717, 1.165) is 25.3 Å². The molecule has 0 spiro atoms. The first-order valence-corrected chi connectivity index (χ1v) is 7.69.